The molecule has 0 bridgehead atoms. The van der Waals surface area contributed by atoms with Crippen molar-refractivity contribution in [3.63, 3.8) is 0 Å². The first-order valence-corrected chi connectivity index (χ1v) is 13.7. The van der Waals surface area contributed by atoms with E-state index in [9.17, 15) is 8.78 Å². The van der Waals surface area contributed by atoms with E-state index in [1.54, 1.807) is 12.1 Å². The zero-order valence-electron chi connectivity index (χ0n) is 20.8. The molecule has 1 nitrogen and oxygen atoms in total. The lowest BCUT2D eigenvalue weighted by Crippen LogP contribution is -2.28. The van der Waals surface area contributed by atoms with Gasteiger partial charge in [0.1, 0.15) is 0 Å². The topological polar surface area (TPSA) is 9.23 Å². The molecule has 1 atom stereocenters. The largest absolute Gasteiger partial charge is 0.490 e. The van der Waals surface area contributed by atoms with Gasteiger partial charge in [-0.2, -0.15) is 4.39 Å². The fourth-order valence-electron chi connectivity index (χ4n) is 6.32. The van der Waals surface area contributed by atoms with Crippen molar-refractivity contribution in [2.45, 2.75) is 117 Å². The molecule has 32 heavy (non-hydrogen) atoms. The highest BCUT2D eigenvalue weighted by atomic mass is 19.2. The van der Waals surface area contributed by atoms with E-state index in [4.69, 9.17) is 4.74 Å². The van der Waals surface area contributed by atoms with Crippen LogP contribution in [0.4, 0.5) is 8.78 Å². The second-order valence-electron chi connectivity index (χ2n) is 10.7. The van der Waals surface area contributed by atoms with Gasteiger partial charge in [-0.1, -0.05) is 71.8 Å². The first-order chi connectivity index (χ1) is 15.5. The molecule has 2 aliphatic carbocycles. The Labute approximate surface area is 195 Å². The van der Waals surface area contributed by atoms with E-state index in [1.165, 1.54) is 51.4 Å². The summed E-state index contributed by atoms with van der Waals surface area (Å²) in [6.45, 7) is 7.42. The summed E-state index contributed by atoms with van der Waals surface area (Å²) < 4.78 is 35.1. The molecular weight excluding hydrogens is 402 g/mol. The van der Waals surface area contributed by atoms with Gasteiger partial charge in [0.15, 0.2) is 11.6 Å². The number of hydrogen-bond acceptors (Lipinski definition) is 1. The third kappa shape index (κ3) is 6.70. The number of unbranched alkanes of at least 4 members (excludes halogenated alkanes) is 4. The molecule has 3 rings (SSSR count). The standard InChI is InChI=1S/C29H46F2O/c1-4-6-7-8-9-20-32-27-19-18-26(28(30)29(27)31)25-16-14-24(15-17-25)21(3)23-12-10-22(5-2)11-13-23/h18-19,21-25H,4-17,20H2,1-3H3/t21?,22?,23?,24-,25-. The minimum absolute atomic E-state index is 0.0757. The van der Waals surface area contributed by atoms with Crippen LogP contribution in [0.15, 0.2) is 12.1 Å². The van der Waals surface area contributed by atoms with Crippen LogP contribution < -0.4 is 4.74 Å². The fraction of sp³-hybridized carbons (Fsp3) is 0.793. The molecular formula is C29H46F2O. The lowest BCUT2D eigenvalue weighted by Gasteiger charge is -2.39. The molecule has 0 aromatic heterocycles. The highest BCUT2D eigenvalue weighted by molar-refractivity contribution is 5.33. The van der Waals surface area contributed by atoms with Gasteiger partial charge < -0.3 is 4.74 Å². The molecule has 0 aliphatic heterocycles. The zero-order valence-corrected chi connectivity index (χ0v) is 20.8. The van der Waals surface area contributed by atoms with Gasteiger partial charge in [-0.15, -0.1) is 0 Å². The van der Waals surface area contributed by atoms with Crippen LogP contribution in [0.5, 0.6) is 5.75 Å². The zero-order chi connectivity index (χ0) is 22.9. The summed E-state index contributed by atoms with van der Waals surface area (Å²) in [5, 5.41) is 0. The van der Waals surface area contributed by atoms with Crippen LogP contribution in [0.3, 0.4) is 0 Å². The number of hydrogen-bond donors (Lipinski definition) is 0. The predicted octanol–water partition coefficient (Wildman–Crippen LogP) is 9.44. The van der Waals surface area contributed by atoms with Gasteiger partial charge >= 0.3 is 0 Å². The SMILES string of the molecule is CCCCCCCOc1ccc([C@H]2CC[C@H](C(C)C3CCC(CC)CC3)CC2)c(F)c1F. The molecule has 0 heterocycles. The molecule has 1 aromatic rings. The Morgan fingerprint density at radius 1 is 0.812 bits per heavy atom. The summed E-state index contributed by atoms with van der Waals surface area (Å²) >= 11 is 0. The smallest absolute Gasteiger partial charge is 0.200 e. The average Bonchev–Trinajstić information content (AvgIpc) is 2.83. The van der Waals surface area contributed by atoms with Crippen molar-refractivity contribution in [1.29, 1.82) is 0 Å². The summed E-state index contributed by atoms with van der Waals surface area (Å²) in [5.41, 5.74) is 0.562. The molecule has 0 saturated heterocycles. The summed E-state index contributed by atoms with van der Waals surface area (Å²) in [6, 6.07) is 3.44. The van der Waals surface area contributed by atoms with Crippen LogP contribution in [0, 0.1) is 35.3 Å². The Hall–Kier alpha value is -1.12. The normalized spacial score (nSPS) is 27.3. The minimum Gasteiger partial charge on any atom is -0.490 e. The van der Waals surface area contributed by atoms with E-state index < -0.39 is 11.6 Å². The molecule has 1 unspecified atom stereocenters. The summed E-state index contributed by atoms with van der Waals surface area (Å²) in [5.74, 6) is 2.08. The molecule has 2 saturated carbocycles. The molecule has 0 N–H and O–H groups in total. The van der Waals surface area contributed by atoms with Crippen LogP contribution in [0.2, 0.25) is 0 Å². The Balaban J connectivity index is 1.48. The van der Waals surface area contributed by atoms with Gasteiger partial charge in [0.05, 0.1) is 6.61 Å². The molecule has 0 amide bonds. The van der Waals surface area contributed by atoms with E-state index in [0.717, 1.165) is 62.2 Å². The summed E-state index contributed by atoms with van der Waals surface area (Å²) in [6.07, 6.45) is 16.7. The number of halogens is 2. The monoisotopic (exact) mass is 448 g/mol. The fourth-order valence-corrected chi connectivity index (χ4v) is 6.32. The van der Waals surface area contributed by atoms with Crippen molar-refractivity contribution in [1.82, 2.24) is 0 Å². The molecule has 2 aliphatic rings. The van der Waals surface area contributed by atoms with E-state index in [-0.39, 0.29) is 11.7 Å². The van der Waals surface area contributed by atoms with Gasteiger partial charge in [0.2, 0.25) is 5.82 Å². The Bertz CT molecular complexity index is 672. The van der Waals surface area contributed by atoms with Crippen molar-refractivity contribution in [3.8, 4) is 5.75 Å². The van der Waals surface area contributed by atoms with E-state index in [2.05, 4.69) is 20.8 Å². The van der Waals surface area contributed by atoms with Crippen LogP contribution in [0.25, 0.3) is 0 Å². The molecule has 1 aromatic carbocycles. The molecule has 182 valence electrons. The maximum Gasteiger partial charge on any atom is 0.200 e. The molecule has 0 spiro atoms. The maximum atomic E-state index is 14.9. The van der Waals surface area contributed by atoms with Crippen molar-refractivity contribution in [3.05, 3.63) is 29.3 Å². The van der Waals surface area contributed by atoms with Crippen LogP contribution in [-0.2, 0) is 0 Å². The lowest BCUT2D eigenvalue weighted by molar-refractivity contribution is 0.133. The van der Waals surface area contributed by atoms with Crippen LogP contribution >= 0.6 is 0 Å². The Morgan fingerprint density at radius 3 is 2.06 bits per heavy atom. The minimum atomic E-state index is -0.792. The first kappa shape index (κ1) is 25.5. The number of benzene rings is 1. The summed E-state index contributed by atoms with van der Waals surface area (Å²) in [4.78, 5) is 0. The Morgan fingerprint density at radius 2 is 1.44 bits per heavy atom. The second-order valence-corrected chi connectivity index (χ2v) is 10.7. The average molecular weight is 449 g/mol. The lowest BCUT2D eigenvalue weighted by atomic mass is 9.66. The van der Waals surface area contributed by atoms with Gasteiger partial charge in [-0.25, -0.2) is 4.39 Å². The van der Waals surface area contributed by atoms with Crippen molar-refractivity contribution in [2.75, 3.05) is 6.61 Å². The summed E-state index contributed by atoms with van der Waals surface area (Å²) in [7, 11) is 0. The maximum absolute atomic E-state index is 14.9. The van der Waals surface area contributed by atoms with Gasteiger partial charge in [0, 0.05) is 0 Å². The molecule has 2 fully saturated rings. The Kier molecular flexibility index (Phi) is 10.3. The third-order valence-corrected chi connectivity index (χ3v) is 8.75. The van der Waals surface area contributed by atoms with Gasteiger partial charge in [-0.3, -0.25) is 0 Å². The number of rotatable bonds is 11. The third-order valence-electron chi connectivity index (χ3n) is 8.75. The quantitative estimate of drug-likeness (QED) is 0.306. The molecule has 0 radical (unpaired) electrons. The second kappa shape index (κ2) is 12.9. The van der Waals surface area contributed by atoms with Crippen molar-refractivity contribution in [2.24, 2.45) is 23.7 Å². The van der Waals surface area contributed by atoms with Gasteiger partial charge in [0.25, 0.3) is 0 Å². The van der Waals surface area contributed by atoms with E-state index in [0.29, 0.717) is 12.2 Å². The highest BCUT2D eigenvalue weighted by Crippen LogP contribution is 2.45. The first-order valence-electron chi connectivity index (χ1n) is 13.7. The molecule has 3 heteroatoms. The number of ether oxygens (including phenoxy) is 1. The highest BCUT2D eigenvalue weighted by Gasteiger charge is 2.33. The van der Waals surface area contributed by atoms with E-state index >= 15 is 0 Å². The van der Waals surface area contributed by atoms with Crippen molar-refractivity contribution < 1.29 is 13.5 Å². The van der Waals surface area contributed by atoms with E-state index in [1.807, 2.05) is 0 Å². The predicted molar refractivity (Wildman–Crippen MR) is 130 cm³/mol. The van der Waals surface area contributed by atoms with Crippen LogP contribution in [-0.4, -0.2) is 6.61 Å². The van der Waals surface area contributed by atoms with Crippen molar-refractivity contribution >= 4 is 0 Å². The van der Waals surface area contributed by atoms with Crippen LogP contribution in [0.1, 0.15) is 122 Å². The van der Waals surface area contributed by atoms with Gasteiger partial charge in [-0.05, 0) is 86.2 Å².